The Morgan fingerprint density at radius 2 is 1.83 bits per heavy atom. The second-order valence-electron chi connectivity index (χ2n) is 4.69. The number of nitrogens with one attached hydrogen (secondary N) is 1. The van der Waals surface area contributed by atoms with Crippen molar-refractivity contribution >= 4 is 5.97 Å². The van der Waals surface area contributed by atoms with E-state index in [-0.39, 0.29) is 0 Å². The molecule has 4 nitrogen and oxygen atoms in total. The smallest absolute Gasteiger partial charge is 0.323 e. The molecule has 0 spiro atoms. The predicted molar refractivity (Wildman–Crippen MR) is 73.9 cm³/mol. The number of hydrogen-bond donors (Lipinski definition) is 2. The molecule has 2 N–H and O–H groups in total. The molecule has 0 radical (unpaired) electrons. The first-order chi connectivity index (χ1) is 8.63. The van der Waals surface area contributed by atoms with Crippen molar-refractivity contribution in [2.75, 3.05) is 19.8 Å². The van der Waals surface area contributed by atoms with Crippen molar-refractivity contribution in [2.45, 2.75) is 64.8 Å². The van der Waals surface area contributed by atoms with Crippen LogP contribution in [-0.4, -0.2) is 36.4 Å². The van der Waals surface area contributed by atoms with Gasteiger partial charge < -0.3 is 15.2 Å². The maximum atomic E-state index is 11.3. The molecular weight excluding hydrogens is 230 g/mol. The largest absolute Gasteiger partial charge is 0.480 e. The average Bonchev–Trinajstić information content (AvgIpc) is 2.36. The molecule has 0 aliphatic carbocycles. The lowest BCUT2D eigenvalue weighted by molar-refractivity contribution is -0.145. The number of unbranched alkanes of at least 4 members (excludes halogenated alkanes) is 2. The van der Waals surface area contributed by atoms with Crippen LogP contribution < -0.4 is 5.32 Å². The maximum Gasteiger partial charge on any atom is 0.323 e. The van der Waals surface area contributed by atoms with E-state index in [9.17, 15) is 9.90 Å². The van der Waals surface area contributed by atoms with Crippen LogP contribution in [0.4, 0.5) is 0 Å². The number of carbonyl (C=O) groups is 1. The number of ether oxygens (including phenoxy) is 1. The van der Waals surface area contributed by atoms with Crippen LogP contribution in [-0.2, 0) is 9.53 Å². The first-order valence-corrected chi connectivity index (χ1v) is 7.19. The van der Waals surface area contributed by atoms with Crippen LogP contribution in [0.15, 0.2) is 0 Å². The van der Waals surface area contributed by atoms with Gasteiger partial charge in [0.2, 0.25) is 0 Å². The Labute approximate surface area is 111 Å². The highest BCUT2D eigenvalue weighted by molar-refractivity contribution is 5.78. The highest BCUT2D eigenvalue weighted by Gasteiger charge is 2.34. The summed E-state index contributed by atoms with van der Waals surface area (Å²) in [5, 5.41) is 12.4. The molecule has 1 unspecified atom stereocenters. The van der Waals surface area contributed by atoms with Crippen LogP contribution in [0.2, 0.25) is 0 Å². The zero-order valence-corrected chi connectivity index (χ0v) is 12.1. The van der Waals surface area contributed by atoms with Crippen LogP contribution in [0.25, 0.3) is 0 Å². The van der Waals surface area contributed by atoms with E-state index in [0.717, 1.165) is 19.4 Å². The minimum Gasteiger partial charge on any atom is -0.480 e. The molecule has 4 heteroatoms. The molecule has 0 aliphatic rings. The third-order valence-corrected chi connectivity index (χ3v) is 3.31. The Hall–Kier alpha value is -0.610. The van der Waals surface area contributed by atoms with Crippen molar-refractivity contribution in [1.29, 1.82) is 0 Å². The molecule has 0 aromatic carbocycles. The number of rotatable bonds is 12. The first kappa shape index (κ1) is 17.4. The van der Waals surface area contributed by atoms with Gasteiger partial charge in [-0.3, -0.25) is 4.79 Å². The van der Waals surface area contributed by atoms with Gasteiger partial charge in [0, 0.05) is 13.2 Å². The number of aliphatic carboxylic acids is 1. The second-order valence-corrected chi connectivity index (χ2v) is 4.69. The summed E-state index contributed by atoms with van der Waals surface area (Å²) >= 11 is 0. The van der Waals surface area contributed by atoms with Crippen LogP contribution in [0.3, 0.4) is 0 Å². The van der Waals surface area contributed by atoms with Gasteiger partial charge in [0.15, 0.2) is 0 Å². The standard InChI is InChI=1S/C14H29NO3/c1-4-7-8-11-18-12-9-10-14(5-2,13(16)17)15-6-3/h15H,4-12H2,1-3H3,(H,16,17). The summed E-state index contributed by atoms with van der Waals surface area (Å²) in [5.41, 5.74) is -0.776. The van der Waals surface area contributed by atoms with Gasteiger partial charge in [0.1, 0.15) is 5.54 Å². The molecule has 18 heavy (non-hydrogen) atoms. The Bertz CT molecular complexity index is 221. The monoisotopic (exact) mass is 259 g/mol. The molecule has 1 atom stereocenters. The molecule has 0 saturated heterocycles. The van der Waals surface area contributed by atoms with Gasteiger partial charge in [0.25, 0.3) is 0 Å². The third-order valence-electron chi connectivity index (χ3n) is 3.31. The van der Waals surface area contributed by atoms with Crippen molar-refractivity contribution in [3.8, 4) is 0 Å². The molecule has 108 valence electrons. The Balaban J connectivity index is 3.86. The molecule has 0 aliphatic heterocycles. The van der Waals surface area contributed by atoms with E-state index < -0.39 is 11.5 Å². The SMILES string of the molecule is CCCCCOCCCC(CC)(NCC)C(=O)O. The van der Waals surface area contributed by atoms with Crippen molar-refractivity contribution in [1.82, 2.24) is 5.32 Å². The molecule has 0 amide bonds. The summed E-state index contributed by atoms with van der Waals surface area (Å²) in [6, 6.07) is 0. The lowest BCUT2D eigenvalue weighted by Gasteiger charge is -2.29. The van der Waals surface area contributed by atoms with Crippen molar-refractivity contribution in [2.24, 2.45) is 0 Å². The van der Waals surface area contributed by atoms with Crippen molar-refractivity contribution < 1.29 is 14.6 Å². The summed E-state index contributed by atoms with van der Waals surface area (Å²) in [6.07, 6.45) is 5.51. The van der Waals surface area contributed by atoms with Crippen LogP contribution in [0, 0.1) is 0 Å². The van der Waals surface area contributed by atoms with Gasteiger partial charge >= 0.3 is 5.97 Å². The zero-order valence-electron chi connectivity index (χ0n) is 12.1. The van der Waals surface area contributed by atoms with E-state index in [4.69, 9.17) is 4.74 Å². The summed E-state index contributed by atoms with van der Waals surface area (Å²) in [6.45, 7) is 8.15. The summed E-state index contributed by atoms with van der Waals surface area (Å²) in [4.78, 5) is 11.3. The highest BCUT2D eigenvalue weighted by atomic mass is 16.5. The fourth-order valence-corrected chi connectivity index (χ4v) is 2.09. The highest BCUT2D eigenvalue weighted by Crippen LogP contribution is 2.18. The third kappa shape index (κ3) is 6.36. The lowest BCUT2D eigenvalue weighted by atomic mass is 9.90. The Kier molecular flexibility index (Phi) is 9.98. The summed E-state index contributed by atoms with van der Waals surface area (Å²) < 4.78 is 5.51. The molecule has 0 saturated carbocycles. The maximum absolute atomic E-state index is 11.3. The number of likely N-dealkylation sites (N-methyl/N-ethyl adjacent to an activating group) is 1. The van der Waals surface area contributed by atoms with E-state index in [1.807, 2.05) is 13.8 Å². The topological polar surface area (TPSA) is 58.6 Å². The molecule has 0 aromatic heterocycles. The molecule has 0 rings (SSSR count). The van der Waals surface area contributed by atoms with E-state index in [2.05, 4.69) is 12.2 Å². The summed E-state index contributed by atoms with van der Waals surface area (Å²) in [7, 11) is 0. The van der Waals surface area contributed by atoms with Crippen molar-refractivity contribution in [3.63, 3.8) is 0 Å². The lowest BCUT2D eigenvalue weighted by Crippen LogP contribution is -2.51. The number of hydrogen-bond acceptors (Lipinski definition) is 3. The number of carboxylic acid groups (broad SMARTS) is 1. The van der Waals surface area contributed by atoms with Crippen LogP contribution >= 0.6 is 0 Å². The first-order valence-electron chi connectivity index (χ1n) is 7.19. The van der Waals surface area contributed by atoms with E-state index >= 15 is 0 Å². The second kappa shape index (κ2) is 10.3. The predicted octanol–water partition coefficient (Wildman–Crippen LogP) is 2.82. The Morgan fingerprint density at radius 1 is 1.17 bits per heavy atom. The minimum atomic E-state index is -0.776. The molecule has 0 bridgehead atoms. The fourth-order valence-electron chi connectivity index (χ4n) is 2.09. The number of carboxylic acids is 1. The van der Waals surface area contributed by atoms with Gasteiger partial charge in [-0.05, 0) is 32.2 Å². The van der Waals surface area contributed by atoms with Gasteiger partial charge in [0.05, 0.1) is 0 Å². The summed E-state index contributed by atoms with van der Waals surface area (Å²) in [5.74, 6) is -0.752. The zero-order chi connectivity index (χ0) is 13.9. The molecule has 0 fully saturated rings. The van der Waals surface area contributed by atoms with Gasteiger partial charge in [-0.1, -0.05) is 33.6 Å². The molecular formula is C14H29NO3. The van der Waals surface area contributed by atoms with Gasteiger partial charge in [-0.25, -0.2) is 0 Å². The van der Waals surface area contributed by atoms with E-state index in [0.29, 0.717) is 26.0 Å². The van der Waals surface area contributed by atoms with Gasteiger partial charge in [-0.2, -0.15) is 0 Å². The van der Waals surface area contributed by atoms with Crippen LogP contribution in [0.1, 0.15) is 59.3 Å². The normalized spacial score (nSPS) is 14.4. The molecule has 0 aromatic rings. The van der Waals surface area contributed by atoms with Crippen molar-refractivity contribution in [3.05, 3.63) is 0 Å². The van der Waals surface area contributed by atoms with Gasteiger partial charge in [-0.15, -0.1) is 0 Å². The van der Waals surface area contributed by atoms with Crippen LogP contribution in [0.5, 0.6) is 0 Å². The molecule has 0 heterocycles. The quantitative estimate of drug-likeness (QED) is 0.529. The van der Waals surface area contributed by atoms with E-state index in [1.54, 1.807) is 0 Å². The minimum absolute atomic E-state index is 0.603. The Morgan fingerprint density at radius 3 is 2.33 bits per heavy atom. The fraction of sp³-hybridized carbons (Fsp3) is 0.929. The average molecular weight is 259 g/mol. The van der Waals surface area contributed by atoms with E-state index in [1.165, 1.54) is 12.8 Å².